The highest BCUT2D eigenvalue weighted by atomic mass is 16.1. The minimum atomic E-state index is -0.00771. The lowest BCUT2D eigenvalue weighted by atomic mass is 9.92. The van der Waals surface area contributed by atoms with Crippen LogP contribution in [-0.2, 0) is 0 Å². The van der Waals surface area contributed by atoms with E-state index in [4.69, 9.17) is 0 Å². The Kier molecular flexibility index (Phi) is 4.15. The zero-order valence-corrected chi connectivity index (χ0v) is 12.3. The minimum Gasteiger partial charge on any atom is -0.349 e. The van der Waals surface area contributed by atoms with Crippen LogP contribution < -0.4 is 10.6 Å². The molecule has 21 heavy (non-hydrogen) atoms. The number of hydrogen-bond acceptors (Lipinski definition) is 3. The van der Waals surface area contributed by atoms with Crippen LogP contribution in [0, 0.1) is 5.92 Å². The smallest absolute Gasteiger partial charge is 0.252 e. The number of aromatic nitrogens is 1. The van der Waals surface area contributed by atoms with Gasteiger partial charge in [-0.1, -0.05) is 12.1 Å². The zero-order valence-electron chi connectivity index (χ0n) is 12.3. The molecule has 0 spiro atoms. The summed E-state index contributed by atoms with van der Waals surface area (Å²) < 4.78 is 0. The largest absolute Gasteiger partial charge is 0.349 e. The Morgan fingerprint density at radius 1 is 1.38 bits per heavy atom. The van der Waals surface area contributed by atoms with Gasteiger partial charge in [-0.15, -0.1) is 0 Å². The number of nitrogens with one attached hydrogen (secondary N) is 2. The standard InChI is InChI=1S/C17H21N3O/c1-12(13-5-3-9-18-11-13)20-17(21)15-6-2-8-16-14(15)7-4-10-19-16/h2,4,6-8,10,12-13,18H,3,5,9,11H2,1H3,(H,20,21). The molecule has 0 radical (unpaired) electrons. The van der Waals surface area contributed by atoms with Crippen molar-refractivity contribution in [3.8, 4) is 0 Å². The van der Waals surface area contributed by atoms with Gasteiger partial charge >= 0.3 is 0 Å². The Morgan fingerprint density at radius 2 is 2.29 bits per heavy atom. The van der Waals surface area contributed by atoms with Crippen molar-refractivity contribution in [2.75, 3.05) is 13.1 Å². The summed E-state index contributed by atoms with van der Waals surface area (Å²) in [7, 11) is 0. The van der Waals surface area contributed by atoms with E-state index >= 15 is 0 Å². The summed E-state index contributed by atoms with van der Waals surface area (Å²) in [5.74, 6) is 0.502. The number of carbonyl (C=O) groups excluding carboxylic acids is 1. The van der Waals surface area contributed by atoms with Crippen LogP contribution in [0.25, 0.3) is 10.9 Å². The van der Waals surface area contributed by atoms with Crippen LogP contribution >= 0.6 is 0 Å². The lowest BCUT2D eigenvalue weighted by Gasteiger charge is -2.29. The number of pyridine rings is 1. The summed E-state index contributed by atoms with van der Waals surface area (Å²) in [6, 6.07) is 9.68. The van der Waals surface area contributed by atoms with E-state index in [0.717, 1.165) is 24.0 Å². The third-order valence-electron chi connectivity index (χ3n) is 4.29. The van der Waals surface area contributed by atoms with Crippen molar-refractivity contribution in [1.82, 2.24) is 15.6 Å². The van der Waals surface area contributed by atoms with Crippen molar-refractivity contribution >= 4 is 16.8 Å². The van der Waals surface area contributed by atoms with E-state index in [1.165, 1.54) is 12.8 Å². The summed E-state index contributed by atoms with van der Waals surface area (Å²) >= 11 is 0. The lowest BCUT2D eigenvalue weighted by molar-refractivity contribution is 0.0923. The van der Waals surface area contributed by atoms with E-state index < -0.39 is 0 Å². The highest BCUT2D eigenvalue weighted by molar-refractivity contribution is 6.06. The summed E-state index contributed by atoms with van der Waals surface area (Å²) in [6.07, 6.45) is 4.11. The van der Waals surface area contributed by atoms with Crippen molar-refractivity contribution in [3.05, 3.63) is 42.1 Å². The van der Waals surface area contributed by atoms with E-state index in [1.807, 2.05) is 30.3 Å². The number of fused-ring (bicyclic) bond motifs is 1. The van der Waals surface area contributed by atoms with Crippen LogP contribution in [0.1, 0.15) is 30.1 Å². The van der Waals surface area contributed by atoms with Gasteiger partial charge in [0.2, 0.25) is 0 Å². The molecule has 2 N–H and O–H groups in total. The number of piperidine rings is 1. The van der Waals surface area contributed by atoms with Gasteiger partial charge in [-0.05, 0) is 57.0 Å². The predicted molar refractivity (Wildman–Crippen MR) is 84.3 cm³/mol. The highest BCUT2D eigenvalue weighted by Crippen LogP contribution is 2.18. The van der Waals surface area contributed by atoms with Gasteiger partial charge < -0.3 is 10.6 Å². The number of hydrogen-bond donors (Lipinski definition) is 2. The Morgan fingerprint density at radius 3 is 3.10 bits per heavy atom. The van der Waals surface area contributed by atoms with Crippen LogP contribution in [0.5, 0.6) is 0 Å². The predicted octanol–water partition coefficient (Wildman–Crippen LogP) is 2.35. The molecule has 0 saturated carbocycles. The first-order valence-electron chi connectivity index (χ1n) is 7.61. The summed E-state index contributed by atoms with van der Waals surface area (Å²) in [4.78, 5) is 16.9. The van der Waals surface area contributed by atoms with Crippen LogP contribution in [0.4, 0.5) is 0 Å². The summed E-state index contributed by atoms with van der Waals surface area (Å²) in [5, 5.41) is 7.46. The van der Waals surface area contributed by atoms with Gasteiger partial charge in [0.25, 0.3) is 5.91 Å². The van der Waals surface area contributed by atoms with Gasteiger partial charge in [-0.2, -0.15) is 0 Å². The molecular weight excluding hydrogens is 262 g/mol. The number of nitrogens with zero attached hydrogens (tertiary/aromatic N) is 1. The fraction of sp³-hybridized carbons (Fsp3) is 0.412. The first kappa shape index (κ1) is 14.0. The van der Waals surface area contributed by atoms with E-state index in [9.17, 15) is 4.79 Å². The van der Waals surface area contributed by atoms with Gasteiger partial charge in [0.05, 0.1) is 5.52 Å². The van der Waals surface area contributed by atoms with Gasteiger partial charge in [-0.25, -0.2) is 0 Å². The molecule has 3 rings (SSSR count). The van der Waals surface area contributed by atoms with Gasteiger partial charge in [-0.3, -0.25) is 9.78 Å². The molecule has 110 valence electrons. The van der Waals surface area contributed by atoms with Gasteiger partial charge in [0.15, 0.2) is 0 Å². The number of carbonyl (C=O) groups is 1. The van der Waals surface area contributed by atoms with E-state index in [1.54, 1.807) is 6.20 Å². The zero-order chi connectivity index (χ0) is 14.7. The first-order valence-corrected chi connectivity index (χ1v) is 7.61. The van der Waals surface area contributed by atoms with Crippen molar-refractivity contribution in [1.29, 1.82) is 0 Å². The Bertz CT molecular complexity index is 629. The molecule has 2 aromatic rings. The quantitative estimate of drug-likeness (QED) is 0.909. The molecule has 2 unspecified atom stereocenters. The average molecular weight is 283 g/mol. The fourth-order valence-corrected chi connectivity index (χ4v) is 3.01. The van der Waals surface area contributed by atoms with Crippen molar-refractivity contribution in [2.24, 2.45) is 5.92 Å². The minimum absolute atomic E-state index is 0.00771. The third kappa shape index (κ3) is 3.05. The molecule has 1 aromatic carbocycles. The van der Waals surface area contributed by atoms with E-state index in [2.05, 4.69) is 22.5 Å². The molecule has 1 fully saturated rings. The Hall–Kier alpha value is -1.94. The summed E-state index contributed by atoms with van der Waals surface area (Å²) in [6.45, 7) is 4.17. The van der Waals surface area contributed by atoms with Crippen molar-refractivity contribution in [3.63, 3.8) is 0 Å². The fourth-order valence-electron chi connectivity index (χ4n) is 3.01. The maximum atomic E-state index is 12.6. The second-order valence-electron chi connectivity index (χ2n) is 5.74. The van der Waals surface area contributed by atoms with Crippen molar-refractivity contribution in [2.45, 2.75) is 25.8 Å². The molecular formula is C17H21N3O. The molecule has 0 bridgehead atoms. The Labute approximate surface area is 125 Å². The van der Waals surface area contributed by atoms with E-state index in [-0.39, 0.29) is 11.9 Å². The van der Waals surface area contributed by atoms with Crippen LogP contribution in [0.15, 0.2) is 36.5 Å². The molecule has 1 amide bonds. The molecule has 4 nitrogen and oxygen atoms in total. The number of rotatable bonds is 3. The Balaban J connectivity index is 1.77. The molecule has 4 heteroatoms. The highest BCUT2D eigenvalue weighted by Gasteiger charge is 2.22. The molecule has 1 aliphatic rings. The first-order chi connectivity index (χ1) is 10.3. The average Bonchev–Trinajstić information content (AvgIpc) is 2.55. The molecule has 1 aliphatic heterocycles. The van der Waals surface area contributed by atoms with Crippen LogP contribution in [-0.4, -0.2) is 30.0 Å². The maximum Gasteiger partial charge on any atom is 0.252 e. The van der Waals surface area contributed by atoms with Crippen LogP contribution in [0.3, 0.4) is 0 Å². The molecule has 2 atom stereocenters. The topological polar surface area (TPSA) is 54.0 Å². The molecule has 2 heterocycles. The number of benzene rings is 1. The van der Waals surface area contributed by atoms with Crippen molar-refractivity contribution < 1.29 is 4.79 Å². The second kappa shape index (κ2) is 6.22. The SMILES string of the molecule is CC(NC(=O)c1cccc2ncccc12)C1CCCNC1. The maximum absolute atomic E-state index is 12.6. The molecule has 0 aliphatic carbocycles. The lowest BCUT2D eigenvalue weighted by Crippen LogP contribution is -2.44. The van der Waals surface area contributed by atoms with Gasteiger partial charge in [0.1, 0.15) is 0 Å². The van der Waals surface area contributed by atoms with Gasteiger partial charge in [0, 0.05) is 23.2 Å². The summed E-state index contributed by atoms with van der Waals surface area (Å²) in [5.41, 5.74) is 1.56. The normalized spacial score (nSPS) is 20.1. The monoisotopic (exact) mass is 283 g/mol. The van der Waals surface area contributed by atoms with Crippen LogP contribution in [0.2, 0.25) is 0 Å². The van der Waals surface area contributed by atoms with E-state index in [0.29, 0.717) is 11.5 Å². The molecule has 1 saturated heterocycles. The third-order valence-corrected chi connectivity index (χ3v) is 4.29. The second-order valence-corrected chi connectivity index (χ2v) is 5.74. The molecule has 1 aromatic heterocycles. The number of amides is 1.